The molecule has 0 saturated heterocycles. The molecule has 0 aromatic carbocycles. The maximum absolute atomic E-state index is 9.97. The Hall–Kier alpha value is -0.530. The Labute approximate surface area is 67.6 Å². The zero-order valence-corrected chi connectivity index (χ0v) is 7.21. The monoisotopic (exact) mass is 156 g/mol. The Morgan fingerprint density at radius 1 is 1.36 bits per heavy atom. The standard InChI is InChI=1S/C5H8O2.C4H8/c1-3-2-4(3)5(6)7;1-4-2-3-4/h3-4H,2H2,1H3,(H,6,7);4H,2-3H2,1H3. The van der Waals surface area contributed by atoms with Gasteiger partial charge in [-0.25, -0.2) is 0 Å². The van der Waals surface area contributed by atoms with Gasteiger partial charge in [0.15, 0.2) is 0 Å². The van der Waals surface area contributed by atoms with Crippen molar-refractivity contribution in [2.24, 2.45) is 17.8 Å². The van der Waals surface area contributed by atoms with Gasteiger partial charge >= 0.3 is 5.97 Å². The molecule has 2 saturated carbocycles. The molecular formula is C9H16O2. The minimum atomic E-state index is -0.632. The summed E-state index contributed by atoms with van der Waals surface area (Å²) in [5.74, 6) is 0.880. The van der Waals surface area contributed by atoms with Gasteiger partial charge in [-0.15, -0.1) is 0 Å². The molecule has 2 fully saturated rings. The van der Waals surface area contributed by atoms with Crippen molar-refractivity contribution in [2.45, 2.75) is 33.1 Å². The second-order valence-corrected chi connectivity index (χ2v) is 3.84. The van der Waals surface area contributed by atoms with Crippen molar-refractivity contribution in [1.29, 1.82) is 0 Å². The van der Waals surface area contributed by atoms with Crippen molar-refractivity contribution in [3.05, 3.63) is 0 Å². The fourth-order valence-electron chi connectivity index (χ4n) is 0.833. The van der Waals surface area contributed by atoms with Crippen LogP contribution in [0.15, 0.2) is 0 Å². The molecule has 2 rings (SSSR count). The lowest BCUT2D eigenvalue weighted by atomic mass is 10.3. The fraction of sp³-hybridized carbons (Fsp3) is 0.889. The lowest BCUT2D eigenvalue weighted by Gasteiger charge is -1.79. The zero-order valence-electron chi connectivity index (χ0n) is 7.21. The third-order valence-corrected chi connectivity index (χ3v) is 2.29. The molecule has 2 unspecified atom stereocenters. The summed E-state index contributed by atoms with van der Waals surface area (Å²) in [4.78, 5) is 9.97. The molecule has 2 heteroatoms. The first-order chi connectivity index (χ1) is 5.11. The molecule has 1 N–H and O–H groups in total. The van der Waals surface area contributed by atoms with E-state index in [4.69, 9.17) is 5.11 Å². The number of hydrogen-bond acceptors (Lipinski definition) is 1. The van der Waals surface area contributed by atoms with E-state index in [0.717, 1.165) is 12.3 Å². The van der Waals surface area contributed by atoms with Crippen molar-refractivity contribution >= 4 is 5.97 Å². The summed E-state index contributed by atoms with van der Waals surface area (Å²) in [6.45, 7) is 4.23. The quantitative estimate of drug-likeness (QED) is 0.631. The Morgan fingerprint density at radius 2 is 1.73 bits per heavy atom. The Morgan fingerprint density at radius 3 is 1.73 bits per heavy atom. The van der Waals surface area contributed by atoms with Gasteiger partial charge in [-0.3, -0.25) is 4.79 Å². The lowest BCUT2D eigenvalue weighted by Crippen LogP contribution is -1.97. The van der Waals surface area contributed by atoms with Crippen LogP contribution >= 0.6 is 0 Å². The van der Waals surface area contributed by atoms with Crippen molar-refractivity contribution in [2.75, 3.05) is 0 Å². The third kappa shape index (κ3) is 3.40. The predicted octanol–water partition coefficient (Wildman–Crippen LogP) is 2.14. The molecule has 2 aliphatic rings. The van der Waals surface area contributed by atoms with Crippen molar-refractivity contribution in [3.63, 3.8) is 0 Å². The van der Waals surface area contributed by atoms with Crippen LogP contribution in [0.4, 0.5) is 0 Å². The van der Waals surface area contributed by atoms with Crippen LogP contribution in [-0.2, 0) is 4.79 Å². The normalized spacial score (nSPS) is 33.6. The van der Waals surface area contributed by atoms with Crippen LogP contribution in [0.3, 0.4) is 0 Å². The third-order valence-electron chi connectivity index (χ3n) is 2.29. The Balaban J connectivity index is 0.000000128. The molecule has 64 valence electrons. The van der Waals surface area contributed by atoms with Crippen LogP contribution < -0.4 is 0 Å². The summed E-state index contributed by atoms with van der Waals surface area (Å²) >= 11 is 0. The number of carboxylic acid groups (broad SMARTS) is 1. The first-order valence-corrected chi connectivity index (χ1v) is 4.34. The number of carbonyl (C=O) groups is 1. The fourth-order valence-corrected chi connectivity index (χ4v) is 0.833. The number of rotatable bonds is 1. The highest BCUT2D eigenvalue weighted by atomic mass is 16.4. The largest absolute Gasteiger partial charge is 0.481 e. The molecule has 2 aliphatic carbocycles. The van der Waals surface area contributed by atoms with E-state index in [1.807, 2.05) is 6.92 Å². The Bertz CT molecular complexity index is 150. The molecule has 0 bridgehead atoms. The van der Waals surface area contributed by atoms with Gasteiger partial charge in [0.1, 0.15) is 0 Å². The minimum absolute atomic E-state index is 0.0139. The van der Waals surface area contributed by atoms with Gasteiger partial charge in [-0.1, -0.05) is 26.7 Å². The first-order valence-electron chi connectivity index (χ1n) is 4.34. The summed E-state index contributed by atoms with van der Waals surface area (Å²) in [5, 5.41) is 8.22. The lowest BCUT2D eigenvalue weighted by molar-refractivity contribution is -0.138. The summed E-state index contributed by atoms with van der Waals surface area (Å²) in [5.41, 5.74) is 0. The molecular weight excluding hydrogens is 140 g/mol. The maximum Gasteiger partial charge on any atom is 0.306 e. The van der Waals surface area contributed by atoms with Crippen LogP contribution in [0.1, 0.15) is 33.1 Å². The van der Waals surface area contributed by atoms with Gasteiger partial charge in [0.2, 0.25) is 0 Å². The highest BCUT2D eigenvalue weighted by Gasteiger charge is 2.38. The van der Waals surface area contributed by atoms with Crippen LogP contribution in [0.2, 0.25) is 0 Å². The number of carboxylic acids is 1. The first kappa shape index (κ1) is 8.57. The van der Waals surface area contributed by atoms with E-state index in [-0.39, 0.29) is 5.92 Å². The van der Waals surface area contributed by atoms with Crippen molar-refractivity contribution in [3.8, 4) is 0 Å². The van der Waals surface area contributed by atoms with Gasteiger partial charge in [0.25, 0.3) is 0 Å². The molecule has 0 aromatic rings. The summed E-state index contributed by atoms with van der Waals surface area (Å²) in [7, 11) is 0. The zero-order chi connectivity index (χ0) is 8.43. The van der Waals surface area contributed by atoms with Gasteiger partial charge in [-0.05, 0) is 18.3 Å². The van der Waals surface area contributed by atoms with Gasteiger partial charge in [0, 0.05) is 0 Å². The van der Waals surface area contributed by atoms with E-state index < -0.39 is 5.97 Å². The molecule has 11 heavy (non-hydrogen) atoms. The molecule has 0 amide bonds. The van der Waals surface area contributed by atoms with Gasteiger partial charge in [0.05, 0.1) is 5.92 Å². The molecule has 0 aliphatic heterocycles. The smallest absolute Gasteiger partial charge is 0.306 e. The average Bonchev–Trinajstić information content (AvgIpc) is 2.72. The SMILES string of the molecule is CC1CC1.CC1CC1C(=O)O. The van der Waals surface area contributed by atoms with E-state index >= 15 is 0 Å². The van der Waals surface area contributed by atoms with Crippen molar-refractivity contribution in [1.82, 2.24) is 0 Å². The molecule has 0 radical (unpaired) electrons. The van der Waals surface area contributed by atoms with Crippen molar-refractivity contribution < 1.29 is 9.90 Å². The maximum atomic E-state index is 9.97. The molecule has 0 spiro atoms. The van der Waals surface area contributed by atoms with Gasteiger partial charge < -0.3 is 5.11 Å². The van der Waals surface area contributed by atoms with E-state index in [1.165, 1.54) is 12.8 Å². The van der Waals surface area contributed by atoms with E-state index in [9.17, 15) is 4.79 Å². The van der Waals surface area contributed by atoms with E-state index in [1.54, 1.807) is 0 Å². The molecule has 2 nitrogen and oxygen atoms in total. The summed E-state index contributed by atoms with van der Waals surface area (Å²) in [6, 6.07) is 0. The highest BCUT2D eigenvalue weighted by Crippen LogP contribution is 2.37. The van der Waals surface area contributed by atoms with E-state index in [0.29, 0.717) is 5.92 Å². The molecule has 2 atom stereocenters. The molecule has 0 heterocycles. The summed E-state index contributed by atoms with van der Waals surface area (Å²) < 4.78 is 0. The molecule has 0 aromatic heterocycles. The van der Waals surface area contributed by atoms with Gasteiger partial charge in [-0.2, -0.15) is 0 Å². The van der Waals surface area contributed by atoms with Crippen LogP contribution in [0, 0.1) is 17.8 Å². The second kappa shape index (κ2) is 3.24. The topological polar surface area (TPSA) is 37.3 Å². The predicted molar refractivity (Wildman–Crippen MR) is 43.3 cm³/mol. The highest BCUT2D eigenvalue weighted by molar-refractivity contribution is 5.73. The minimum Gasteiger partial charge on any atom is -0.481 e. The van der Waals surface area contributed by atoms with Crippen LogP contribution in [0.25, 0.3) is 0 Å². The number of aliphatic carboxylic acids is 1. The van der Waals surface area contributed by atoms with Crippen LogP contribution in [0.5, 0.6) is 0 Å². The van der Waals surface area contributed by atoms with Crippen LogP contribution in [-0.4, -0.2) is 11.1 Å². The average molecular weight is 156 g/mol. The number of hydrogen-bond donors (Lipinski definition) is 1. The van der Waals surface area contributed by atoms with E-state index in [2.05, 4.69) is 6.92 Å². The Kier molecular flexibility index (Phi) is 2.53. The second-order valence-electron chi connectivity index (χ2n) is 3.84. The summed E-state index contributed by atoms with van der Waals surface area (Å²) in [6.07, 6.45) is 3.86.